The van der Waals surface area contributed by atoms with E-state index in [-0.39, 0.29) is 22.5 Å². The minimum Gasteiger partial charge on any atom is -0.469 e. The molecule has 0 spiro atoms. The number of rotatable bonds is 4. The lowest BCUT2D eigenvalue weighted by Crippen LogP contribution is -2.08. The van der Waals surface area contributed by atoms with Gasteiger partial charge in [-0.2, -0.15) is 0 Å². The molecule has 0 atom stereocenters. The Bertz CT molecular complexity index is 429. The van der Waals surface area contributed by atoms with Crippen LogP contribution in [0.3, 0.4) is 0 Å². The first-order chi connectivity index (χ1) is 7.99. The summed E-state index contributed by atoms with van der Waals surface area (Å²) in [5, 5.41) is -0.0702. The van der Waals surface area contributed by atoms with Gasteiger partial charge in [-0.15, -0.1) is 0 Å². The second-order valence-electron chi connectivity index (χ2n) is 3.16. The van der Waals surface area contributed by atoms with Crippen molar-refractivity contribution in [2.75, 3.05) is 7.11 Å². The molecule has 1 aromatic heterocycles. The van der Waals surface area contributed by atoms with E-state index in [2.05, 4.69) is 25.7 Å². The van der Waals surface area contributed by atoms with Crippen molar-refractivity contribution in [3.05, 3.63) is 28.0 Å². The Hall–Kier alpha value is -0.750. The van der Waals surface area contributed by atoms with Gasteiger partial charge >= 0.3 is 5.97 Å². The highest BCUT2D eigenvalue weighted by molar-refractivity contribution is 9.08. The first-order valence-corrected chi connectivity index (χ1v) is 6.08. The molecule has 1 rings (SSSR count). The summed E-state index contributed by atoms with van der Waals surface area (Å²) in [5.74, 6) is -0.501. The van der Waals surface area contributed by atoms with Gasteiger partial charge in [0.1, 0.15) is 5.15 Å². The predicted molar refractivity (Wildman–Crippen MR) is 62.6 cm³/mol. The smallest absolute Gasteiger partial charge is 0.311 e. The number of hydrogen-bond donors (Lipinski definition) is 0. The normalized spacial score (nSPS) is 10.7. The molecular weight excluding hydrogens is 319 g/mol. The third-order valence-electron chi connectivity index (χ3n) is 2.07. The van der Waals surface area contributed by atoms with Gasteiger partial charge in [0, 0.05) is 5.33 Å². The van der Waals surface area contributed by atoms with E-state index in [0.717, 1.165) is 0 Å². The van der Waals surface area contributed by atoms with Crippen LogP contribution in [0.15, 0.2) is 6.07 Å². The number of pyridine rings is 1. The maximum absolute atomic E-state index is 12.7. The second-order valence-corrected chi connectivity index (χ2v) is 4.08. The van der Waals surface area contributed by atoms with Crippen LogP contribution in [-0.2, 0) is 21.3 Å². The molecular formula is C10H9BrClF2NO2. The first kappa shape index (κ1) is 14.3. The Labute approximate surface area is 110 Å². The van der Waals surface area contributed by atoms with Crippen LogP contribution >= 0.6 is 27.5 Å². The molecule has 0 bridgehead atoms. The number of alkyl halides is 3. The van der Waals surface area contributed by atoms with Gasteiger partial charge in [-0.1, -0.05) is 27.5 Å². The molecule has 0 unspecified atom stereocenters. The molecule has 0 aliphatic rings. The maximum Gasteiger partial charge on any atom is 0.311 e. The zero-order chi connectivity index (χ0) is 13.0. The number of ether oxygens (including phenoxy) is 1. The number of aromatic nitrogens is 1. The van der Waals surface area contributed by atoms with Gasteiger partial charge < -0.3 is 4.74 Å². The minimum atomic E-state index is -2.70. The Morgan fingerprint density at radius 3 is 2.76 bits per heavy atom. The molecule has 0 amide bonds. The van der Waals surface area contributed by atoms with Crippen LogP contribution in [0.2, 0.25) is 5.15 Å². The first-order valence-electron chi connectivity index (χ1n) is 4.58. The Balaban J connectivity index is 3.13. The second kappa shape index (κ2) is 6.26. The number of methoxy groups -OCH3 is 1. The van der Waals surface area contributed by atoms with E-state index >= 15 is 0 Å². The van der Waals surface area contributed by atoms with Crippen LogP contribution in [-0.4, -0.2) is 18.1 Å². The summed E-state index contributed by atoms with van der Waals surface area (Å²) >= 11 is 8.76. The maximum atomic E-state index is 12.7. The summed E-state index contributed by atoms with van der Waals surface area (Å²) in [4.78, 5) is 14.8. The van der Waals surface area contributed by atoms with E-state index in [1.54, 1.807) is 0 Å². The van der Waals surface area contributed by atoms with Crippen LogP contribution in [0.5, 0.6) is 0 Å². The predicted octanol–water partition coefficient (Wildman–Crippen LogP) is 3.28. The van der Waals surface area contributed by atoms with Crippen molar-refractivity contribution in [3.8, 4) is 0 Å². The lowest BCUT2D eigenvalue weighted by molar-refractivity contribution is -0.139. The van der Waals surface area contributed by atoms with Crippen LogP contribution in [0.25, 0.3) is 0 Å². The van der Waals surface area contributed by atoms with Crippen molar-refractivity contribution in [3.63, 3.8) is 0 Å². The van der Waals surface area contributed by atoms with E-state index in [1.165, 1.54) is 13.2 Å². The summed E-state index contributed by atoms with van der Waals surface area (Å²) in [6.45, 7) is 0. The fraction of sp³-hybridized carbons (Fsp3) is 0.400. The number of halogens is 4. The Kier molecular flexibility index (Phi) is 5.27. The van der Waals surface area contributed by atoms with E-state index in [9.17, 15) is 13.6 Å². The quantitative estimate of drug-likeness (QED) is 0.484. The fourth-order valence-corrected chi connectivity index (χ4v) is 2.06. The Morgan fingerprint density at radius 2 is 2.29 bits per heavy atom. The SMILES string of the molecule is COC(=O)Cc1cc(CBr)c(C(F)F)c(Cl)n1. The van der Waals surface area contributed by atoms with Gasteiger partial charge in [-0.05, 0) is 11.6 Å². The summed E-state index contributed by atoms with van der Waals surface area (Å²) < 4.78 is 29.9. The molecule has 17 heavy (non-hydrogen) atoms. The summed E-state index contributed by atoms with van der Waals surface area (Å²) in [5.41, 5.74) is 0.316. The highest BCUT2D eigenvalue weighted by Gasteiger charge is 2.19. The summed E-state index contributed by atoms with van der Waals surface area (Å²) in [6, 6.07) is 1.42. The van der Waals surface area contributed by atoms with Gasteiger partial charge in [0.25, 0.3) is 6.43 Å². The highest BCUT2D eigenvalue weighted by atomic mass is 79.9. The van der Waals surface area contributed by atoms with E-state index in [0.29, 0.717) is 11.3 Å². The lowest BCUT2D eigenvalue weighted by atomic mass is 10.1. The molecule has 0 aromatic carbocycles. The molecule has 0 saturated carbocycles. The average Bonchev–Trinajstić information content (AvgIpc) is 2.27. The van der Waals surface area contributed by atoms with Crippen molar-refractivity contribution in [2.45, 2.75) is 18.2 Å². The van der Waals surface area contributed by atoms with Crippen molar-refractivity contribution in [1.29, 1.82) is 0 Å². The van der Waals surface area contributed by atoms with Gasteiger partial charge in [0.05, 0.1) is 24.8 Å². The van der Waals surface area contributed by atoms with Crippen LogP contribution in [0, 0.1) is 0 Å². The molecule has 0 fully saturated rings. The van der Waals surface area contributed by atoms with Gasteiger partial charge in [0.2, 0.25) is 0 Å². The minimum absolute atomic E-state index is 0.0975. The van der Waals surface area contributed by atoms with Gasteiger partial charge in [-0.3, -0.25) is 4.79 Å². The number of carbonyl (C=O) groups is 1. The lowest BCUT2D eigenvalue weighted by Gasteiger charge is -2.10. The molecule has 94 valence electrons. The van der Waals surface area contributed by atoms with E-state index in [1.807, 2.05) is 0 Å². The molecule has 0 aliphatic heterocycles. The van der Waals surface area contributed by atoms with E-state index < -0.39 is 12.4 Å². The molecule has 0 N–H and O–H groups in total. The third-order valence-corrected chi connectivity index (χ3v) is 2.96. The van der Waals surface area contributed by atoms with Gasteiger partial charge in [-0.25, -0.2) is 13.8 Å². The largest absolute Gasteiger partial charge is 0.469 e. The average molecular weight is 329 g/mol. The van der Waals surface area contributed by atoms with Crippen LogP contribution < -0.4 is 0 Å². The summed E-state index contributed by atoms with van der Waals surface area (Å²) in [7, 11) is 1.24. The number of carbonyl (C=O) groups excluding carboxylic acids is 1. The molecule has 0 radical (unpaired) electrons. The molecule has 1 aromatic rings. The third kappa shape index (κ3) is 3.61. The fourth-order valence-electron chi connectivity index (χ4n) is 1.28. The molecule has 3 nitrogen and oxygen atoms in total. The molecule has 7 heteroatoms. The van der Waals surface area contributed by atoms with Crippen molar-refractivity contribution >= 4 is 33.5 Å². The van der Waals surface area contributed by atoms with Crippen molar-refractivity contribution in [1.82, 2.24) is 4.98 Å². The number of esters is 1. The zero-order valence-corrected chi connectivity index (χ0v) is 11.2. The highest BCUT2D eigenvalue weighted by Crippen LogP contribution is 2.31. The molecule has 0 aliphatic carbocycles. The monoisotopic (exact) mass is 327 g/mol. The number of hydrogen-bond acceptors (Lipinski definition) is 3. The van der Waals surface area contributed by atoms with Crippen molar-refractivity contribution < 1.29 is 18.3 Å². The number of nitrogens with zero attached hydrogens (tertiary/aromatic N) is 1. The topological polar surface area (TPSA) is 39.2 Å². The van der Waals surface area contributed by atoms with Crippen LogP contribution in [0.4, 0.5) is 8.78 Å². The summed E-state index contributed by atoms with van der Waals surface area (Å²) in [6.07, 6.45) is -2.80. The van der Waals surface area contributed by atoms with E-state index in [4.69, 9.17) is 11.6 Å². The molecule has 1 heterocycles. The zero-order valence-electron chi connectivity index (χ0n) is 8.84. The van der Waals surface area contributed by atoms with Crippen molar-refractivity contribution in [2.24, 2.45) is 0 Å². The standard InChI is InChI=1S/C10H9BrClF2NO2/c1-17-7(16)3-6-2-5(4-11)8(10(13)14)9(12)15-6/h2,10H,3-4H2,1H3. The molecule has 0 saturated heterocycles. The Morgan fingerprint density at radius 1 is 1.65 bits per heavy atom. The van der Waals surface area contributed by atoms with Gasteiger partial charge in [0.15, 0.2) is 0 Å². The van der Waals surface area contributed by atoms with Crippen LogP contribution in [0.1, 0.15) is 23.2 Å².